The predicted molar refractivity (Wildman–Crippen MR) is 129 cm³/mol. The van der Waals surface area contributed by atoms with Crippen LogP contribution in [0.5, 0.6) is 0 Å². The van der Waals surface area contributed by atoms with Crippen LogP contribution in [0.2, 0.25) is 5.02 Å². The molecular formula is C25H35ClFN3. The van der Waals surface area contributed by atoms with Crippen LogP contribution >= 0.6 is 11.6 Å². The molecule has 164 valence electrons. The van der Waals surface area contributed by atoms with E-state index in [1.54, 1.807) is 12.1 Å². The zero-order chi connectivity index (χ0) is 22.5. The van der Waals surface area contributed by atoms with Crippen LogP contribution < -0.4 is 11.1 Å². The topological polar surface area (TPSA) is 50.4 Å². The van der Waals surface area contributed by atoms with Gasteiger partial charge in [0.25, 0.3) is 0 Å². The Labute approximate surface area is 186 Å². The second kappa shape index (κ2) is 13.8. The molecule has 0 fully saturated rings. The van der Waals surface area contributed by atoms with Crippen molar-refractivity contribution in [2.75, 3.05) is 5.73 Å². The SMILES string of the molecule is C/C(=C\C(C)C)NC(=NCc1ccc(F)c(Cl)c1)c1ccccc1N.CCCCC. The van der Waals surface area contributed by atoms with Crippen molar-refractivity contribution in [1.29, 1.82) is 0 Å². The van der Waals surface area contributed by atoms with Gasteiger partial charge in [0, 0.05) is 16.9 Å². The monoisotopic (exact) mass is 431 g/mol. The molecule has 0 bridgehead atoms. The summed E-state index contributed by atoms with van der Waals surface area (Å²) in [4.78, 5) is 4.65. The maximum atomic E-state index is 13.3. The molecule has 0 aromatic heterocycles. The van der Waals surface area contributed by atoms with Gasteiger partial charge < -0.3 is 11.1 Å². The summed E-state index contributed by atoms with van der Waals surface area (Å²) in [6, 6.07) is 12.2. The van der Waals surface area contributed by atoms with Crippen molar-refractivity contribution in [3.8, 4) is 0 Å². The van der Waals surface area contributed by atoms with Crippen molar-refractivity contribution in [3.05, 3.63) is 76.2 Å². The van der Waals surface area contributed by atoms with Gasteiger partial charge in [0.15, 0.2) is 0 Å². The van der Waals surface area contributed by atoms with Crippen LogP contribution in [0.15, 0.2) is 59.2 Å². The number of halogens is 2. The summed E-state index contributed by atoms with van der Waals surface area (Å²) in [6.07, 6.45) is 6.19. The van der Waals surface area contributed by atoms with Crippen LogP contribution in [0.25, 0.3) is 0 Å². The third-order valence-corrected chi connectivity index (χ3v) is 4.52. The molecule has 30 heavy (non-hydrogen) atoms. The van der Waals surface area contributed by atoms with Crippen molar-refractivity contribution in [1.82, 2.24) is 5.32 Å². The van der Waals surface area contributed by atoms with E-state index in [2.05, 4.69) is 44.1 Å². The van der Waals surface area contributed by atoms with E-state index in [9.17, 15) is 4.39 Å². The van der Waals surface area contributed by atoms with Gasteiger partial charge in [-0.25, -0.2) is 4.39 Å². The zero-order valence-electron chi connectivity index (χ0n) is 18.8. The van der Waals surface area contributed by atoms with Gasteiger partial charge in [-0.15, -0.1) is 0 Å². The van der Waals surface area contributed by atoms with Gasteiger partial charge in [0.1, 0.15) is 11.7 Å². The quantitative estimate of drug-likeness (QED) is 0.273. The van der Waals surface area contributed by atoms with E-state index in [1.165, 1.54) is 25.3 Å². The fourth-order valence-electron chi connectivity index (χ4n) is 2.80. The lowest BCUT2D eigenvalue weighted by atomic mass is 10.1. The molecule has 0 unspecified atom stereocenters. The molecule has 0 radical (unpaired) electrons. The maximum absolute atomic E-state index is 13.3. The summed E-state index contributed by atoms with van der Waals surface area (Å²) >= 11 is 5.84. The predicted octanol–water partition coefficient (Wildman–Crippen LogP) is 7.35. The molecule has 0 aliphatic carbocycles. The van der Waals surface area contributed by atoms with Gasteiger partial charge in [-0.1, -0.05) is 82.8 Å². The first-order chi connectivity index (χ1) is 14.3. The third kappa shape index (κ3) is 9.45. The maximum Gasteiger partial charge on any atom is 0.141 e. The van der Waals surface area contributed by atoms with Crippen molar-refractivity contribution in [2.24, 2.45) is 10.9 Å². The lowest BCUT2D eigenvalue weighted by Crippen LogP contribution is -2.24. The minimum atomic E-state index is -0.434. The highest BCUT2D eigenvalue weighted by atomic mass is 35.5. The summed E-state index contributed by atoms with van der Waals surface area (Å²) in [5.74, 6) is 0.654. The first kappa shape index (κ1) is 25.7. The largest absolute Gasteiger partial charge is 0.398 e. The van der Waals surface area contributed by atoms with E-state index >= 15 is 0 Å². The van der Waals surface area contributed by atoms with Gasteiger partial charge in [0.2, 0.25) is 0 Å². The molecule has 0 saturated carbocycles. The first-order valence-corrected chi connectivity index (χ1v) is 10.9. The molecular weight excluding hydrogens is 397 g/mol. The number of nitrogens with two attached hydrogens (primary N) is 1. The molecule has 0 atom stereocenters. The van der Waals surface area contributed by atoms with E-state index in [1.807, 2.05) is 31.2 Å². The Kier molecular flexibility index (Phi) is 11.8. The van der Waals surface area contributed by atoms with E-state index in [0.717, 1.165) is 16.8 Å². The molecule has 0 aliphatic rings. The lowest BCUT2D eigenvalue weighted by molar-refractivity contribution is 0.627. The number of benzene rings is 2. The van der Waals surface area contributed by atoms with E-state index in [-0.39, 0.29) is 5.02 Å². The number of aliphatic imine (C=N–C) groups is 1. The molecule has 0 heterocycles. The molecule has 2 rings (SSSR count). The Balaban J connectivity index is 0.000000804. The average molecular weight is 432 g/mol. The highest BCUT2D eigenvalue weighted by Crippen LogP contribution is 2.18. The van der Waals surface area contributed by atoms with Crippen LogP contribution in [0.3, 0.4) is 0 Å². The van der Waals surface area contributed by atoms with Crippen molar-refractivity contribution in [2.45, 2.75) is 60.4 Å². The fourth-order valence-corrected chi connectivity index (χ4v) is 3.00. The number of allylic oxidation sites excluding steroid dienone is 2. The number of hydrogen-bond donors (Lipinski definition) is 2. The number of para-hydroxylation sites is 1. The molecule has 0 spiro atoms. The standard InChI is InChI=1S/C20H23ClFN3.C5H12/c1-13(2)10-14(3)25-20(16-6-4-5-7-19(16)23)24-12-15-8-9-18(22)17(21)11-15;1-3-5-4-2/h4-11,13H,12,23H2,1-3H3,(H,24,25);3-5H2,1-2H3/b14-10+;. The highest BCUT2D eigenvalue weighted by Gasteiger charge is 2.08. The molecule has 2 aromatic rings. The van der Waals surface area contributed by atoms with Crippen molar-refractivity contribution >= 4 is 23.1 Å². The number of anilines is 1. The number of nitrogens with zero attached hydrogens (tertiary/aromatic N) is 1. The number of nitrogen functional groups attached to an aromatic ring is 1. The summed E-state index contributed by atoms with van der Waals surface area (Å²) in [7, 11) is 0. The number of nitrogens with one attached hydrogen (secondary N) is 1. The minimum Gasteiger partial charge on any atom is -0.398 e. The normalized spacial score (nSPS) is 11.9. The van der Waals surface area contributed by atoms with Gasteiger partial charge in [-0.05, 0) is 42.7 Å². The average Bonchev–Trinajstić information content (AvgIpc) is 2.69. The third-order valence-electron chi connectivity index (χ3n) is 4.23. The minimum absolute atomic E-state index is 0.0947. The van der Waals surface area contributed by atoms with Crippen molar-refractivity contribution < 1.29 is 4.39 Å². The first-order valence-electron chi connectivity index (χ1n) is 10.6. The Morgan fingerprint density at radius 1 is 1.17 bits per heavy atom. The molecule has 5 heteroatoms. The van der Waals surface area contributed by atoms with Crippen LogP contribution in [-0.2, 0) is 6.54 Å². The zero-order valence-corrected chi connectivity index (χ0v) is 19.6. The molecule has 2 aromatic carbocycles. The Morgan fingerprint density at radius 2 is 1.83 bits per heavy atom. The number of rotatable bonds is 7. The Morgan fingerprint density at radius 3 is 2.37 bits per heavy atom. The molecule has 0 aliphatic heterocycles. The summed E-state index contributed by atoms with van der Waals surface area (Å²) < 4.78 is 13.3. The lowest BCUT2D eigenvalue weighted by Gasteiger charge is -2.14. The number of unbranched alkanes of at least 4 members (excludes halogenated alkanes) is 2. The van der Waals surface area contributed by atoms with Crippen LogP contribution in [0.1, 0.15) is 65.0 Å². The molecule has 3 N–H and O–H groups in total. The number of hydrogen-bond acceptors (Lipinski definition) is 2. The van der Waals surface area contributed by atoms with Gasteiger partial charge in [-0.2, -0.15) is 0 Å². The van der Waals surface area contributed by atoms with Crippen LogP contribution in [0.4, 0.5) is 10.1 Å². The Hall–Kier alpha value is -2.33. The van der Waals surface area contributed by atoms with Crippen LogP contribution in [0, 0.1) is 11.7 Å². The van der Waals surface area contributed by atoms with Gasteiger partial charge in [0.05, 0.1) is 11.6 Å². The summed E-state index contributed by atoms with van der Waals surface area (Å²) in [5, 5.41) is 3.42. The van der Waals surface area contributed by atoms with E-state index in [4.69, 9.17) is 17.3 Å². The second-order valence-electron chi connectivity index (χ2n) is 7.57. The number of amidine groups is 1. The Bertz CT molecular complexity index is 842. The van der Waals surface area contributed by atoms with E-state index in [0.29, 0.717) is 24.0 Å². The van der Waals surface area contributed by atoms with Gasteiger partial charge in [-0.3, -0.25) is 4.99 Å². The van der Waals surface area contributed by atoms with Crippen LogP contribution in [-0.4, -0.2) is 5.84 Å². The smallest absolute Gasteiger partial charge is 0.141 e. The van der Waals surface area contributed by atoms with E-state index < -0.39 is 5.82 Å². The fraction of sp³-hybridized carbons (Fsp3) is 0.400. The van der Waals surface area contributed by atoms with Gasteiger partial charge >= 0.3 is 0 Å². The molecule has 3 nitrogen and oxygen atoms in total. The highest BCUT2D eigenvalue weighted by molar-refractivity contribution is 6.30. The molecule has 0 amide bonds. The summed E-state index contributed by atoms with van der Waals surface area (Å²) in [5.41, 5.74) is 9.39. The summed E-state index contributed by atoms with van der Waals surface area (Å²) in [6.45, 7) is 11.0. The second-order valence-corrected chi connectivity index (χ2v) is 7.98. The van der Waals surface area contributed by atoms with Crippen molar-refractivity contribution in [3.63, 3.8) is 0 Å². The molecule has 0 saturated heterocycles.